The van der Waals surface area contributed by atoms with E-state index in [9.17, 15) is 4.79 Å². The van der Waals surface area contributed by atoms with Crippen molar-refractivity contribution >= 4 is 0 Å². The predicted molar refractivity (Wildman–Crippen MR) is 84.1 cm³/mol. The highest BCUT2D eigenvalue weighted by atomic mass is 16.1. The van der Waals surface area contributed by atoms with Crippen molar-refractivity contribution in [3.8, 4) is 0 Å². The van der Waals surface area contributed by atoms with E-state index < -0.39 is 0 Å². The fourth-order valence-corrected chi connectivity index (χ4v) is 3.03. The number of rotatable bonds is 6. The molecule has 0 radical (unpaired) electrons. The zero-order chi connectivity index (χ0) is 14.5. The first-order chi connectivity index (χ1) is 9.67. The Morgan fingerprint density at radius 2 is 2.20 bits per heavy atom. The topological polar surface area (TPSA) is 34.0 Å². The maximum atomic E-state index is 12.2. The van der Waals surface area contributed by atoms with Crippen molar-refractivity contribution < 1.29 is 0 Å². The van der Waals surface area contributed by atoms with E-state index in [1.54, 1.807) is 6.07 Å². The molecule has 0 spiro atoms. The van der Waals surface area contributed by atoms with Gasteiger partial charge in [-0.1, -0.05) is 33.3 Å². The summed E-state index contributed by atoms with van der Waals surface area (Å²) in [6, 6.07) is 4.24. The fourth-order valence-electron chi connectivity index (χ4n) is 3.03. The van der Waals surface area contributed by atoms with Crippen molar-refractivity contribution in [1.82, 2.24) is 9.88 Å². The predicted octanol–water partition coefficient (Wildman–Crippen LogP) is 3.27. The van der Waals surface area contributed by atoms with Crippen LogP contribution in [0.4, 0.5) is 0 Å². The summed E-state index contributed by atoms with van der Waals surface area (Å²) in [6.07, 6.45) is 5.69. The van der Waals surface area contributed by atoms with Crippen molar-refractivity contribution in [2.75, 3.05) is 6.54 Å². The SMILES string of the molecule is CCCNC1CCCc2c1ccc(=O)n2CC(C)CC. The summed E-state index contributed by atoms with van der Waals surface area (Å²) in [7, 11) is 0. The minimum atomic E-state index is 0.167. The lowest BCUT2D eigenvalue weighted by atomic mass is 9.90. The van der Waals surface area contributed by atoms with Gasteiger partial charge in [-0.15, -0.1) is 0 Å². The van der Waals surface area contributed by atoms with Crippen molar-refractivity contribution in [3.05, 3.63) is 33.7 Å². The Kier molecular flexibility index (Phi) is 5.41. The van der Waals surface area contributed by atoms with Crippen LogP contribution in [-0.4, -0.2) is 11.1 Å². The summed E-state index contributed by atoms with van der Waals surface area (Å²) >= 11 is 0. The third-order valence-electron chi connectivity index (χ3n) is 4.44. The lowest BCUT2D eigenvalue weighted by molar-refractivity contribution is 0.410. The van der Waals surface area contributed by atoms with Crippen molar-refractivity contribution in [2.45, 2.75) is 65.5 Å². The van der Waals surface area contributed by atoms with Gasteiger partial charge in [0.1, 0.15) is 0 Å². The van der Waals surface area contributed by atoms with E-state index in [1.165, 1.54) is 24.1 Å². The average molecular weight is 276 g/mol. The first-order valence-corrected chi connectivity index (χ1v) is 8.13. The molecular weight excluding hydrogens is 248 g/mol. The Balaban J connectivity index is 2.32. The van der Waals surface area contributed by atoms with E-state index in [0.717, 1.165) is 32.4 Å². The second-order valence-electron chi connectivity index (χ2n) is 6.10. The van der Waals surface area contributed by atoms with Crippen LogP contribution in [0.2, 0.25) is 0 Å². The molecule has 0 saturated carbocycles. The molecule has 1 aliphatic carbocycles. The maximum absolute atomic E-state index is 12.2. The standard InChI is InChI=1S/C17H28N2O/c1-4-11-18-15-7-6-8-16-14(15)9-10-17(20)19(16)12-13(3)5-2/h9-10,13,15,18H,4-8,11-12H2,1-3H3. The van der Waals surface area contributed by atoms with Crippen molar-refractivity contribution in [2.24, 2.45) is 5.92 Å². The molecule has 3 nitrogen and oxygen atoms in total. The smallest absolute Gasteiger partial charge is 0.250 e. The van der Waals surface area contributed by atoms with Crippen molar-refractivity contribution in [3.63, 3.8) is 0 Å². The van der Waals surface area contributed by atoms with E-state index in [-0.39, 0.29) is 5.56 Å². The van der Waals surface area contributed by atoms with Crippen LogP contribution in [0.3, 0.4) is 0 Å². The van der Waals surface area contributed by atoms with Crippen LogP contribution in [-0.2, 0) is 13.0 Å². The molecule has 0 saturated heterocycles. The number of nitrogens with one attached hydrogen (secondary N) is 1. The molecular formula is C17H28N2O. The second-order valence-corrected chi connectivity index (χ2v) is 6.10. The van der Waals surface area contributed by atoms with Crippen LogP contribution in [0.5, 0.6) is 0 Å². The number of aromatic nitrogens is 1. The van der Waals surface area contributed by atoms with E-state index >= 15 is 0 Å². The van der Waals surface area contributed by atoms with Gasteiger partial charge in [-0.05, 0) is 43.7 Å². The monoisotopic (exact) mass is 276 g/mol. The van der Waals surface area contributed by atoms with Gasteiger partial charge in [-0.3, -0.25) is 4.79 Å². The summed E-state index contributed by atoms with van der Waals surface area (Å²) in [5.41, 5.74) is 2.80. The molecule has 2 unspecified atom stereocenters. The summed E-state index contributed by atoms with van der Waals surface area (Å²) in [6.45, 7) is 8.52. The molecule has 0 fully saturated rings. The molecule has 1 aromatic heterocycles. The molecule has 20 heavy (non-hydrogen) atoms. The highest BCUT2D eigenvalue weighted by Gasteiger charge is 2.22. The highest BCUT2D eigenvalue weighted by molar-refractivity contribution is 5.27. The lowest BCUT2D eigenvalue weighted by Gasteiger charge is -2.29. The zero-order valence-electron chi connectivity index (χ0n) is 13.1. The largest absolute Gasteiger partial charge is 0.312 e. The number of hydrogen-bond acceptors (Lipinski definition) is 2. The van der Waals surface area contributed by atoms with Crippen molar-refractivity contribution in [1.29, 1.82) is 0 Å². The van der Waals surface area contributed by atoms with Crippen LogP contribution < -0.4 is 10.9 Å². The molecule has 0 aliphatic heterocycles. The quantitative estimate of drug-likeness (QED) is 0.865. The molecule has 0 amide bonds. The number of pyridine rings is 1. The van der Waals surface area contributed by atoms with E-state index in [1.807, 2.05) is 4.57 Å². The van der Waals surface area contributed by atoms with Gasteiger partial charge >= 0.3 is 0 Å². The van der Waals surface area contributed by atoms with Crippen LogP contribution in [0, 0.1) is 5.92 Å². The lowest BCUT2D eigenvalue weighted by Crippen LogP contribution is -2.33. The summed E-state index contributed by atoms with van der Waals surface area (Å²) in [5.74, 6) is 0.558. The van der Waals surface area contributed by atoms with Gasteiger partial charge in [0.2, 0.25) is 0 Å². The van der Waals surface area contributed by atoms with Crippen LogP contribution in [0.25, 0.3) is 0 Å². The van der Waals surface area contributed by atoms with Crippen LogP contribution >= 0.6 is 0 Å². The Hall–Kier alpha value is -1.09. The number of fused-ring (bicyclic) bond motifs is 1. The minimum absolute atomic E-state index is 0.167. The number of nitrogens with zero attached hydrogens (tertiary/aromatic N) is 1. The van der Waals surface area contributed by atoms with Gasteiger partial charge < -0.3 is 9.88 Å². The van der Waals surface area contributed by atoms with E-state index in [2.05, 4.69) is 32.2 Å². The summed E-state index contributed by atoms with van der Waals surface area (Å²) in [4.78, 5) is 12.2. The molecule has 1 heterocycles. The van der Waals surface area contributed by atoms with Gasteiger partial charge in [0.05, 0.1) is 0 Å². The Bertz CT molecular complexity index is 492. The molecule has 2 rings (SSSR count). The Morgan fingerprint density at radius 3 is 2.90 bits per heavy atom. The minimum Gasteiger partial charge on any atom is -0.312 e. The highest BCUT2D eigenvalue weighted by Crippen LogP contribution is 2.29. The third kappa shape index (κ3) is 3.32. The fraction of sp³-hybridized carbons (Fsp3) is 0.706. The van der Waals surface area contributed by atoms with Crippen LogP contribution in [0.1, 0.15) is 63.8 Å². The molecule has 1 aromatic rings. The molecule has 2 atom stereocenters. The Morgan fingerprint density at radius 1 is 1.40 bits per heavy atom. The second kappa shape index (κ2) is 7.07. The Labute approximate surface area is 122 Å². The van der Waals surface area contributed by atoms with Gasteiger partial charge in [-0.25, -0.2) is 0 Å². The van der Waals surface area contributed by atoms with Crippen LogP contribution in [0.15, 0.2) is 16.9 Å². The molecule has 112 valence electrons. The van der Waals surface area contributed by atoms with E-state index in [0.29, 0.717) is 12.0 Å². The molecule has 1 N–H and O–H groups in total. The molecule has 0 bridgehead atoms. The van der Waals surface area contributed by atoms with Gasteiger partial charge in [0.15, 0.2) is 0 Å². The normalized spacial score (nSPS) is 19.6. The number of hydrogen-bond donors (Lipinski definition) is 1. The van der Waals surface area contributed by atoms with Gasteiger partial charge in [0, 0.05) is 24.3 Å². The average Bonchev–Trinajstić information content (AvgIpc) is 2.47. The first kappa shape index (κ1) is 15.3. The third-order valence-corrected chi connectivity index (χ3v) is 4.44. The molecule has 1 aliphatic rings. The molecule has 3 heteroatoms. The first-order valence-electron chi connectivity index (χ1n) is 8.13. The summed E-state index contributed by atoms with van der Waals surface area (Å²) < 4.78 is 2.03. The maximum Gasteiger partial charge on any atom is 0.250 e. The van der Waals surface area contributed by atoms with Gasteiger partial charge in [-0.2, -0.15) is 0 Å². The van der Waals surface area contributed by atoms with E-state index in [4.69, 9.17) is 0 Å². The summed E-state index contributed by atoms with van der Waals surface area (Å²) in [5, 5.41) is 3.63. The molecule has 0 aromatic carbocycles. The zero-order valence-corrected chi connectivity index (χ0v) is 13.1. The van der Waals surface area contributed by atoms with Gasteiger partial charge in [0.25, 0.3) is 5.56 Å².